The smallest absolute Gasteiger partial charge is 0.171 e. The van der Waals surface area contributed by atoms with Crippen LogP contribution in [0.5, 0.6) is 0 Å². The summed E-state index contributed by atoms with van der Waals surface area (Å²) in [5.41, 5.74) is 9.07. The third kappa shape index (κ3) is 10.3. The van der Waals surface area contributed by atoms with Crippen LogP contribution in [-0.2, 0) is 9.13 Å². The molecule has 5 nitrogen and oxygen atoms in total. The van der Waals surface area contributed by atoms with Crippen LogP contribution >= 0.6 is 30.1 Å². The lowest BCUT2D eigenvalue weighted by molar-refractivity contribution is 0.591. The van der Waals surface area contributed by atoms with E-state index in [1.165, 1.54) is 37.2 Å². The van der Waals surface area contributed by atoms with Crippen molar-refractivity contribution in [3.8, 4) is 17.1 Å². The Bertz CT molecular complexity index is 6000. The van der Waals surface area contributed by atoms with E-state index in [4.69, 9.17) is 0 Å². The van der Waals surface area contributed by atoms with Gasteiger partial charge in [0.2, 0.25) is 0 Å². The van der Waals surface area contributed by atoms with E-state index in [0.29, 0.717) is 0 Å². The molecule has 15 aromatic carbocycles. The molecule has 18 rings (SSSR count). The van der Waals surface area contributed by atoms with Gasteiger partial charge in [-0.25, -0.2) is 0 Å². The van der Waals surface area contributed by atoms with Crippen molar-refractivity contribution >= 4 is 159 Å². The van der Waals surface area contributed by atoms with Gasteiger partial charge in [0.15, 0.2) is 14.3 Å². The predicted octanol–water partition coefficient (Wildman–Crippen LogP) is 17.8. The van der Waals surface area contributed by atoms with E-state index >= 15 is 9.13 Å². The highest BCUT2D eigenvalue weighted by molar-refractivity contribution is 7.86. The van der Waals surface area contributed by atoms with Crippen LogP contribution in [0.15, 0.2) is 382 Å². The molecule has 0 aliphatic heterocycles. The lowest BCUT2D eigenvalue weighted by Gasteiger charge is -2.21. The van der Waals surface area contributed by atoms with Crippen molar-refractivity contribution < 1.29 is 9.13 Å². The molecule has 0 saturated carbocycles. The molecule has 0 amide bonds. The summed E-state index contributed by atoms with van der Waals surface area (Å²) in [6.45, 7) is 0. The van der Waals surface area contributed by atoms with Gasteiger partial charge in [-0.05, 0) is 139 Å². The van der Waals surface area contributed by atoms with Crippen LogP contribution in [0.25, 0.3) is 82.5 Å². The van der Waals surface area contributed by atoms with Gasteiger partial charge in [0.25, 0.3) is 0 Å². The second-order valence-electron chi connectivity index (χ2n) is 25.1. The Balaban J connectivity index is 0.928. The number of rotatable bonds is 15. The molecule has 99 heavy (non-hydrogen) atoms. The zero-order valence-electron chi connectivity index (χ0n) is 53.8. The summed E-state index contributed by atoms with van der Waals surface area (Å²) in [6, 6.07) is 136. The zero-order chi connectivity index (χ0) is 66.0. The molecule has 18 aromatic rings. The molecular formula is C90H63N3O2P4. The number of aromatic nitrogens is 3. The molecule has 0 aliphatic rings. The van der Waals surface area contributed by atoms with Gasteiger partial charge in [-0.1, -0.05) is 291 Å². The number of fused-ring (bicyclic) bond motifs is 9. The first-order valence-electron chi connectivity index (χ1n) is 33.4. The third-order valence-electron chi connectivity index (χ3n) is 19.5. The summed E-state index contributed by atoms with van der Waals surface area (Å²) in [7, 11) is -8.73. The summed E-state index contributed by atoms with van der Waals surface area (Å²) in [5.74, 6) is 0. The van der Waals surface area contributed by atoms with E-state index in [2.05, 4.69) is 275 Å². The van der Waals surface area contributed by atoms with Gasteiger partial charge < -0.3 is 22.8 Å². The maximum Gasteiger partial charge on any atom is 0.171 e. The summed E-state index contributed by atoms with van der Waals surface area (Å²) in [6.07, 6.45) is 0. The van der Waals surface area contributed by atoms with E-state index < -0.39 is 30.1 Å². The zero-order valence-corrected chi connectivity index (χ0v) is 57.4. The molecule has 0 spiro atoms. The number of nitrogens with zero attached hydrogens (tertiary/aromatic N) is 3. The number of para-hydroxylation sites is 2. The number of hydrogen-bond acceptors (Lipinski definition) is 2. The van der Waals surface area contributed by atoms with Crippen LogP contribution < -0.4 is 63.7 Å². The van der Waals surface area contributed by atoms with Crippen molar-refractivity contribution in [1.29, 1.82) is 0 Å². The molecular weight excluding hydrogens is 1280 g/mol. The second-order valence-corrected chi connectivity index (χ2v) is 35.1. The molecule has 0 saturated heterocycles. The molecule has 0 N–H and O–H groups in total. The van der Waals surface area contributed by atoms with Crippen molar-refractivity contribution in [3.63, 3.8) is 0 Å². The second kappa shape index (κ2) is 25.1. The standard InChI is InChI=1S/C90H63N3O2P4/c94-98(73-37-17-5-18-38-73,74-39-19-6-20-40-74)77-51-55-89-83(62-77)80-46-26-28-48-86(80)92(89)65-57-64(91-85-47-27-25-45-79(85)81-60-71(49-53-87(81)91)96(67-29-9-1-10-30-67)68-31-11-2-12-32-68)58-66(59-65)93-88-54-50-72(97(69-33-13-3-14-34-69)70-35-15-4-16-36-70)61-82(88)84-63-78(52-56-90(84)93)99(95,75-41-21-7-22-42-75)76-43-23-8-24-44-76/h1-63H. The molecule has 0 bridgehead atoms. The van der Waals surface area contributed by atoms with Crippen LogP contribution in [0.4, 0.5) is 0 Å². The summed E-state index contributed by atoms with van der Waals surface area (Å²) in [4.78, 5) is 0. The lowest BCUT2D eigenvalue weighted by Crippen LogP contribution is -2.24. The Hall–Kier alpha value is -11.0. The third-order valence-corrected chi connectivity index (χ3v) is 30.4. The molecule has 3 aromatic heterocycles. The first-order chi connectivity index (χ1) is 48.9. The van der Waals surface area contributed by atoms with Crippen molar-refractivity contribution in [3.05, 3.63) is 382 Å². The number of benzene rings is 15. The summed E-state index contributed by atoms with van der Waals surface area (Å²) < 4.78 is 40.2. The monoisotopic (exact) mass is 1340 g/mol. The van der Waals surface area contributed by atoms with Crippen LogP contribution in [-0.4, -0.2) is 13.7 Å². The fourth-order valence-electron chi connectivity index (χ4n) is 15.0. The van der Waals surface area contributed by atoms with E-state index in [1.807, 2.05) is 121 Å². The van der Waals surface area contributed by atoms with E-state index in [-0.39, 0.29) is 0 Å². The van der Waals surface area contributed by atoms with Gasteiger partial charge in [-0.2, -0.15) is 0 Å². The molecule has 9 heteroatoms. The minimum absolute atomic E-state index is 0.765. The highest BCUT2D eigenvalue weighted by atomic mass is 31.2. The summed E-state index contributed by atoms with van der Waals surface area (Å²) >= 11 is 0. The Labute approximate surface area is 577 Å². The van der Waals surface area contributed by atoms with Crippen molar-refractivity contribution in [2.24, 2.45) is 0 Å². The topological polar surface area (TPSA) is 48.9 Å². The summed E-state index contributed by atoms with van der Waals surface area (Å²) in [5, 5.41) is 18.7. The normalized spacial score (nSPS) is 12.1. The quantitative estimate of drug-likeness (QED) is 0.0961. The Morgan fingerprint density at radius 2 is 0.414 bits per heavy atom. The van der Waals surface area contributed by atoms with Crippen LogP contribution in [0.2, 0.25) is 0 Å². The van der Waals surface area contributed by atoms with Gasteiger partial charge in [-0.3, -0.25) is 0 Å². The van der Waals surface area contributed by atoms with Crippen molar-refractivity contribution in [2.75, 3.05) is 0 Å². The van der Waals surface area contributed by atoms with Crippen LogP contribution in [0.3, 0.4) is 0 Å². The number of hydrogen-bond donors (Lipinski definition) is 0. The maximum atomic E-state index is 16.6. The SMILES string of the molecule is O=P(c1ccccc1)(c1ccccc1)c1ccc2c(c1)c1ccccc1n2-c1cc(-n2c3ccccc3c3cc(P(c4ccccc4)c4ccccc4)ccc32)cc(-n2c3ccc(P(c4ccccc4)c4ccccc4)cc3c3cc(P(=O)(c4ccccc4)c4ccccc4)ccc32)c1. The fraction of sp³-hybridized carbons (Fsp3) is 0. The largest absolute Gasteiger partial charge is 0.309 e. The van der Waals surface area contributed by atoms with Gasteiger partial charge in [0, 0.05) is 64.1 Å². The minimum atomic E-state index is -3.45. The first-order valence-corrected chi connectivity index (χ1v) is 39.5. The maximum absolute atomic E-state index is 16.6. The van der Waals surface area contributed by atoms with Crippen LogP contribution in [0, 0.1) is 0 Å². The van der Waals surface area contributed by atoms with E-state index in [9.17, 15) is 0 Å². The van der Waals surface area contributed by atoms with Crippen LogP contribution in [0.1, 0.15) is 0 Å². The van der Waals surface area contributed by atoms with Gasteiger partial charge in [-0.15, -0.1) is 0 Å². The minimum Gasteiger partial charge on any atom is -0.309 e. The molecule has 0 fully saturated rings. The first kappa shape index (κ1) is 60.4. The highest BCUT2D eigenvalue weighted by Gasteiger charge is 2.33. The van der Waals surface area contributed by atoms with Crippen molar-refractivity contribution in [2.45, 2.75) is 0 Å². The Morgan fingerprint density at radius 3 is 0.727 bits per heavy atom. The highest BCUT2D eigenvalue weighted by Crippen LogP contribution is 2.48. The van der Waals surface area contributed by atoms with Gasteiger partial charge >= 0.3 is 0 Å². The van der Waals surface area contributed by atoms with Gasteiger partial charge in [0.05, 0.1) is 50.2 Å². The average molecular weight is 1340 g/mol. The van der Waals surface area contributed by atoms with Crippen molar-refractivity contribution in [1.82, 2.24) is 13.7 Å². The van der Waals surface area contributed by atoms with E-state index in [1.54, 1.807) is 0 Å². The Kier molecular flexibility index (Phi) is 15.4. The fourth-order valence-corrected chi connectivity index (χ4v) is 25.0. The molecule has 0 radical (unpaired) electrons. The van der Waals surface area contributed by atoms with E-state index in [0.717, 1.165) is 109 Å². The molecule has 470 valence electrons. The average Bonchev–Trinajstić information content (AvgIpc) is 1.55. The molecule has 3 heterocycles. The molecule has 0 atom stereocenters. The lowest BCUT2D eigenvalue weighted by atomic mass is 10.1. The molecule has 0 unspecified atom stereocenters. The van der Waals surface area contributed by atoms with Gasteiger partial charge in [0.1, 0.15) is 0 Å². The predicted molar refractivity (Wildman–Crippen MR) is 426 cm³/mol. The molecule has 0 aliphatic carbocycles. The Morgan fingerprint density at radius 1 is 0.182 bits per heavy atom.